The van der Waals surface area contributed by atoms with Crippen molar-refractivity contribution >= 4 is 24.4 Å². The third-order valence-electron chi connectivity index (χ3n) is 3.86. The molecule has 1 aromatic rings. The zero-order valence-corrected chi connectivity index (χ0v) is 16.0. The Balaban J connectivity index is 0.000000223. The first-order valence-corrected chi connectivity index (χ1v) is 6.67. The van der Waals surface area contributed by atoms with Crippen LogP contribution in [0.1, 0.15) is 36.0 Å². The molecule has 0 atom stereocenters. The first-order valence-electron chi connectivity index (χ1n) is 6.67. The minimum Gasteiger partial charge on any atom is -0.391 e. The van der Waals surface area contributed by atoms with Gasteiger partial charge in [0.2, 0.25) is 5.91 Å². The molecule has 1 saturated carbocycles. The standard InChI is InChI=1S/C9H5FO2.C7H8NO2.K/c1-6-8(5-12)7(4-11)2-3-9(6)10;9-5-1-2-7(3-4-7)6(10)8-5;/h2-3H,1H3;1H,2-4H2,(H,8,9,10);/q-2;-1;+1. The predicted molar refractivity (Wildman–Crippen MR) is 74.5 cm³/mol. The van der Waals surface area contributed by atoms with E-state index in [2.05, 4.69) is 5.32 Å². The number of imide groups is 1. The summed E-state index contributed by atoms with van der Waals surface area (Å²) in [7, 11) is 0. The summed E-state index contributed by atoms with van der Waals surface area (Å²) in [4.78, 5) is 42.2. The van der Waals surface area contributed by atoms with Crippen LogP contribution in [0.5, 0.6) is 0 Å². The SMILES string of the molecule is Cc1c(F)ccc([C-]=O)c1[C-]=O.O=C1[CH-]CC2(CC2)C(=O)N1.[K+]. The number of hydrogen-bond acceptors (Lipinski definition) is 4. The topological polar surface area (TPSA) is 80.3 Å². The number of hydrogen-bond donors (Lipinski definition) is 1. The van der Waals surface area contributed by atoms with E-state index >= 15 is 0 Å². The Morgan fingerprint density at radius 3 is 2.35 bits per heavy atom. The van der Waals surface area contributed by atoms with Gasteiger partial charge in [-0.1, -0.05) is 6.92 Å². The average molecular weight is 341 g/mol. The van der Waals surface area contributed by atoms with Gasteiger partial charge in [0.05, 0.1) is 5.91 Å². The molecular formula is C16H13FKNO4-2. The summed E-state index contributed by atoms with van der Waals surface area (Å²) in [5, 5.41) is 2.30. The van der Waals surface area contributed by atoms with Crippen LogP contribution in [0.25, 0.3) is 0 Å². The summed E-state index contributed by atoms with van der Waals surface area (Å²) in [5.74, 6) is -0.824. The Morgan fingerprint density at radius 1 is 1.22 bits per heavy atom. The molecule has 116 valence electrons. The Labute approximate surface area is 175 Å². The van der Waals surface area contributed by atoms with Crippen molar-refractivity contribution in [3.8, 4) is 0 Å². The molecule has 1 aromatic carbocycles. The Kier molecular flexibility index (Phi) is 7.28. The van der Waals surface area contributed by atoms with Gasteiger partial charge in [-0.15, -0.1) is 12.5 Å². The molecule has 5 nitrogen and oxygen atoms in total. The third-order valence-corrected chi connectivity index (χ3v) is 3.86. The summed E-state index contributed by atoms with van der Waals surface area (Å²) in [6.07, 6.45) is 7.15. The van der Waals surface area contributed by atoms with E-state index in [1.807, 2.05) is 0 Å². The van der Waals surface area contributed by atoms with Gasteiger partial charge in [0.25, 0.3) is 0 Å². The van der Waals surface area contributed by atoms with Crippen LogP contribution < -0.4 is 56.7 Å². The van der Waals surface area contributed by atoms with Crippen molar-refractivity contribution in [2.45, 2.75) is 26.2 Å². The second-order valence-electron chi connectivity index (χ2n) is 5.31. The number of piperidine rings is 1. The first-order chi connectivity index (χ1) is 10.4. The fraction of sp³-hybridized carbons (Fsp3) is 0.312. The molecule has 0 bridgehead atoms. The predicted octanol–water partition coefficient (Wildman–Crippen LogP) is -1.93. The molecule has 2 amide bonds. The van der Waals surface area contributed by atoms with Gasteiger partial charge in [-0.2, -0.15) is 5.56 Å². The van der Waals surface area contributed by atoms with E-state index in [4.69, 9.17) is 0 Å². The molecule has 0 aromatic heterocycles. The number of rotatable bonds is 2. The van der Waals surface area contributed by atoms with Crippen LogP contribution in [0.4, 0.5) is 4.39 Å². The molecule has 1 N–H and O–H groups in total. The van der Waals surface area contributed by atoms with E-state index in [-0.39, 0.29) is 85.3 Å². The minimum absolute atomic E-state index is 0. The molecule has 0 radical (unpaired) electrons. The zero-order valence-electron chi connectivity index (χ0n) is 12.9. The molecular weight excluding hydrogens is 328 g/mol. The fourth-order valence-corrected chi connectivity index (χ4v) is 2.16. The van der Waals surface area contributed by atoms with Crippen LogP contribution in [-0.2, 0) is 19.2 Å². The number of carbonyl (C=O) groups excluding carboxylic acids is 4. The van der Waals surface area contributed by atoms with Crippen LogP contribution in [0.3, 0.4) is 0 Å². The maximum atomic E-state index is 12.8. The second kappa shape index (κ2) is 8.30. The molecule has 2 fully saturated rings. The summed E-state index contributed by atoms with van der Waals surface area (Å²) in [6.45, 7) is 1.41. The van der Waals surface area contributed by atoms with Crippen LogP contribution in [-0.4, -0.2) is 24.4 Å². The van der Waals surface area contributed by atoms with Gasteiger partial charge in [0.1, 0.15) is 0 Å². The molecule has 7 heteroatoms. The molecule has 1 heterocycles. The number of nitrogens with one attached hydrogen (secondary N) is 1. The van der Waals surface area contributed by atoms with Crippen molar-refractivity contribution in [3.63, 3.8) is 0 Å². The van der Waals surface area contributed by atoms with Gasteiger partial charge < -0.3 is 26.1 Å². The summed E-state index contributed by atoms with van der Waals surface area (Å²) in [6, 6.07) is 2.33. The molecule has 2 aliphatic rings. The monoisotopic (exact) mass is 341 g/mol. The quantitative estimate of drug-likeness (QED) is 0.386. The molecule has 1 saturated heterocycles. The summed E-state index contributed by atoms with van der Waals surface area (Å²) >= 11 is 0. The van der Waals surface area contributed by atoms with E-state index in [1.165, 1.54) is 25.6 Å². The number of amides is 2. The Morgan fingerprint density at radius 2 is 1.87 bits per heavy atom. The largest absolute Gasteiger partial charge is 1.00 e. The van der Waals surface area contributed by atoms with Crippen molar-refractivity contribution in [2.24, 2.45) is 5.41 Å². The first kappa shape index (κ1) is 20.2. The fourth-order valence-electron chi connectivity index (χ4n) is 2.16. The van der Waals surface area contributed by atoms with Crippen molar-refractivity contribution in [3.05, 3.63) is 41.1 Å². The average Bonchev–Trinajstić information content (AvgIpc) is 3.28. The van der Waals surface area contributed by atoms with Gasteiger partial charge in [0, 0.05) is 11.2 Å². The van der Waals surface area contributed by atoms with Crippen molar-refractivity contribution in [2.75, 3.05) is 0 Å². The van der Waals surface area contributed by atoms with Gasteiger partial charge in [0.15, 0.2) is 0 Å². The minimum atomic E-state index is -0.521. The summed E-state index contributed by atoms with van der Waals surface area (Å²) < 4.78 is 12.8. The smallest absolute Gasteiger partial charge is 0.391 e. The normalized spacial score (nSPS) is 17.0. The van der Waals surface area contributed by atoms with Crippen LogP contribution in [0.15, 0.2) is 12.1 Å². The van der Waals surface area contributed by atoms with Gasteiger partial charge >= 0.3 is 51.4 Å². The van der Waals surface area contributed by atoms with E-state index in [0.717, 1.165) is 18.9 Å². The van der Waals surface area contributed by atoms with Crippen molar-refractivity contribution in [1.82, 2.24) is 5.32 Å². The van der Waals surface area contributed by atoms with E-state index in [1.54, 1.807) is 6.42 Å². The van der Waals surface area contributed by atoms with E-state index < -0.39 is 5.82 Å². The zero-order chi connectivity index (χ0) is 16.3. The molecule has 1 aliphatic carbocycles. The molecule has 3 rings (SSSR count). The van der Waals surface area contributed by atoms with Crippen LogP contribution in [0, 0.1) is 24.6 Å². The molecule has 1 spiro atoms. The number of halogens is 1. The maximum absolute atomic E-state index is 12.8. The Bertz CT molecular complexity index is 656. The molecule has 23 heavy (non-hydrogen) atoms. The summed E-state index contributed by atoms with van der Waals surface area (Å²) in [5.41, 5.74) is -0.0341. The Hall–Kier alpha value is -0.864. The van der Waals surface area contributed by atoms with Gasteiger partial charge in [-0.25, -0.2) is 16.0 Å². The van der Waals surface area contributed by atoms with E-state index in [0.29, 0.717) is 6.42 Å². The molecule has 0 unspecified atom stereocenters. The number of benzene rings is 1. The van der Waals surface area contributed by atoms with Crippen molar-refractivity contribution < 1.29 is 75.0 Å². The van der Waals surface area contributed by atoms with Crippen molar-refractivity contribution in [1.29, 1.82) is 0 Å². The van der Waals surface area contributed by atoms with E-state index in [9.17, 15) is 23.6 Å². The van der Waals surface area contributed by atoms with Crippen LogP contribution >= 0.6 is 0 Å². The second-order valence-corrected chi connectivity index (χ2v) is 5.31. The molecule has 1 aliphatic heterocycles. The maximum Gasteiger partial charge on any atom is 1.00 e. The van der Waals surface area contributed by atoms with Crippen LogP contribution in [0.2, 0.25) is 0 Å². The number of carbonyl (C=O) groups is 2. The van der Waals surface area contributed by atoms with Gasteiger partial charge in [-0.05, 0) is 25.4 Å². The third kappa shape index (κ3) is 4.57. The van der Waals surface area contributed by atoms with Gasteiger partial charge in [-0.3, -0.25) is 10.4 Å².